The summed E-state index contributed by atoms with van der Waals surface area (Å²) >= 11 is 0. The lowest BCUT2D eigenvalue weighted by molar-refractivity contribution is 0.0708. The lowest BCUT2D eigenvalue weighted by Crippen LogP contribution is -2.47. The third-order valence-electron chi connectivity index (χ3n) is 4.50. The highest BCUT2D eigenvalue weighted by molar-refractivity contribution is 5.94. The molecule has 1 aromatic carbocycles. The molecule has 26 heavy (non-hydrogen) atoms. The standard InChI is InChI=1S/C19H22N4O3/c1-22-10-7-14(13-17(22)24)18(25)23-11-8-16(9-12-23)21-19(26)20-15-5-3-2-4-6-15/h2-7,10,13,16H,8-9,11-12H2,1H3,(H2,20,21,26). The van der Waals surface area contributed by atoms with E-state index in [-0.39, 0.29) is 23.5 Å². The van der Waals surface area contributed by atoms with Gasteiger partial charge in [0.1, 0.15) is 0 Å². The number of urea groups is 1. The van der Waals surface area contributed by atoms with Gasteiger partial charge in [0.15, 0.2) is 0 Å². The molecule has 136 valence electrons. The molecule has 0 bridgehead atoms. The Morgan fingerprint density at radius 2 is 1.77 bits per heavy atom. The molecule has 0 spiro atoms. The number of piperidine rings is 1. The minimum absolute atomic E-state index is 0.0198. The number of carbonyl (C=O) groups is 2. The van der Waals surface area contributed by atoms with Crippen LogP contribution in [0.1, 0.15) is 23.2 Å². The van der Waals surface area contributed by atoms with Crippen LogP contribution in [0.5, 0.6) is 0 Å². The smallest absolute Gasteiger partial charge is 0.319 e. The lowest BCUT2D eigenvalue weighted by atomic mass is 10.0. The first kappa shape index (κ1) is 17.7. The Kier molecular flexibility index (Phi) is 5.36. The molecule has 0 radical (unpaired) electrons. The second-order valence-electron chi connectivity index (χ2n) is 6.40. The van der Waals surface area contributed by atoms with Gasteiger partial charge in [0.2, 0.25) is 0 Å². The Bertz CT molecular complexity index is 839. The summed E-state index contributed by atoms with van der Waals surface area (Å²) in [6.45, 7) is 1.09. The number of benzene rings is 1. The van der Waals surface area contributed by atoms with Gasteiger partial charge in [0.05, 0.1) is 0 Å². The summed E-state index contributed by atoms with van der Waals surface area (Å²) in [4.78, 5) is 38.0. The number of pyridine rings is 1. The fourth-order valence-corrected chi connectivity index (χ4v) is 2.97. The third-order valence-corrected chi connectivity index (χ3v) is 4.50. The first-order chi connectivity index (χ1) is 12.5. The predicted octanol–water partition coefficient (Wildman–Crippen LogP) is 1.81. The summed E-state index contributed by atoms with van der Waals surface area (Å²) in [7, 11) is 1.65. The third kappa shape index (κ3) is 4.30. The highest BCUT2D eigenvalue weighted by Gasteiger charge is 2.24. The number of anilines is 1. The summed E-state index contributed by atoms with van der Waals surface area (Å²) in [5, 5.41) is 5.73. The second kappa shape index (κ2) is 7.86. The number of amides is 3. The van der Waals surface area contributed by atoms with Gasteiger partial charge in [-0.15, -0.1) is 0 Å². The maximum atomic E-state index is 12.5. The van der Waals surface area contributed by atoms with E-state index in [0.717, 1.165) is 5.69 Å². The van der Waals surface area contributed by atoms with Crippen molar-refractivity contribution in [2.45, 2.75) is 18.9 Å². The second-order valence-corrected chi connectivity index (χ2v) is 6.40. The molecule has 7 heteroatoms. The summed E-state index contributed by atoms with van der Waals surface area (Å²) in [5.41, 5.74) is 0.939. The van der Waals surface area contributed by atoms with Crippen LogP contribution in [0.3, 0.4) is 0 Å². The molecule has 3 amide bonds. The molecule has 0 atom stereocenters. The van der Waals surface area contributed by atoms with Crippen molar-refractivity contribution in [3.63, 3.8) is 0 Å². The number of rotatable bonds is 3. The fraction of sp³-hybridized carbons (Fsp3) is 0.316. The zero-order valence-electron chi connectivity index (χ0n) is 14.6. The molecular formula is C19H22N4O3. The number of nitrogens with zero attached hydrogens (tertiary/aromatic N) is 2. The van der Waals surface area contributed by atoms with Crippen LogP contribution >= 0.6 is 0 Å². The minimum Gasteiger partial charge on any atom is -0.338 e. The number of hydrogen-bond acceptors (Lipinski definition) is 3. The molecule has 1 aromatic heterocycles. The van der Waals surface area contributed by atoms with Gasteiger partial charge in [-0.1, -0.05) is 18.2 Å². The number of carbonyl (C=O) groups excluding carboxylic acids is 2. The van der Waals surface area contributed by atoms with Crippen LogP contribution in [0.25, 0.3) is 0 Å². The van der Waals surface area contributed by atoms with Gasteiger partial charge in [-0.25, -0.2) is 4.79 Å². The molecule has 0 unspecified atom stereocenters. The van der Waals surface area contributed by atoms with Gasteiger partial charge in [-0.2, -0.15) is 0 Å². The van der Waals surface area contributed by atoms with Gasteiger partial charge < -0.3 is 20.1 Å². The average Bonchev–Trinajstić information content (AvgIpc) is 2.65. The molecule has 1 saturated heterocycles. The molecule has 1 aliphatic heterocycles. The molecule has 0 saturated carbocycles. The van der Waals surface area contributed by atoms with E-state index in [1.54, 1.807) is 24.2 Å². The predicted molar refractivity (Wildman–Crippen MR) is 99.2 cm³/mol. The van der Waals surface area contributed by atoms with Crippen molar-refractivity contribution >= 4 is 17.6 Å². The van der Waals surface area contributed by atoms with Crippen molar-refractivity contribution in [2.75, 3.05) is 18.4 Å². The maximum Gasteiger partial charge on any atom is 0.319 e. The molecule has 3 rings (SSSR count). The van der Waals surface area contributed by atoms with Crippen LogP contribution in [0.15, 0.2) is 53.5 Å². The number of nitrogens with one attached hydrogen (secondary N) is 2. The Morgan fingerprint density at radius 3 is 2.42 bits per heavy atom. The number of para-hydroxylation sites is 1. The maximum absolute atomic E-state index is 12.5. The van der Waals surface area contributed by atoms with E-state index < -0.39 is 0 Å². The lowest BCUT2D eigenvalue weighted by Gasteiger charge is -2.32. The summed E-state index contributed by atoms with van der Waals surface area (Å²) in [6.07, 6.45) is 2.95. The van der Waals surface area contributed by atoms with Crippen molar-refractivity contribution in [1.82, 2.24) is 14.8 Å². The van der Waals surface area contributed by atoms with E-state index in [0.29, 0.717) is 31.5 Å². The first-order valence-electron chi connectivity index (χ1n) is 8.61. The summed E-state index contributed by atoms with van der Waals surface area (Å²) < 4.78 is 1.43. The van der Waals surface area contributed by atoms with Crippen LogP contribution in [-0.4, -0.2) is 40.5 Å². The quantitative estimate of drug-likeness (QED) is 0.882. The Hall–Kier alpha value is -3.09. The van der Waals surface area contributed by atoms with E-state index in [2.05, 4.69) is 10.6 Å². The van der Waals surface area contributed by atoms with Crippen LogP contribution < -0.4 is 16.2 Å². The Morgan fingerprint density at radius 1 is 1.08 bits per heavy atom. The van der Waals surface area contributed by atoms with Crippen LogP contribution in [0.2, 0.25) is 0 Å². The van der Waals surface area contributed by atoms with E-state index in [4.69, 9.17) is 0 Å². The van der Waals surface area contributed by atoms with Crippen LogP contribution in [0.4, 0.5) is 10.5 Å². The molecule has 2 aromatic rings. The van der Waals surface area contributed by atoms with Crippen LogP contribution in [-0.2, 0) is 7.05 Å². The molecule has 2 heterocycles. The largest absolute Gasteiger partial charge is 0.338 e. The number of aryl methyl sites for hydroxylation is 1. The average molecular weight is 354 g/mol. The van der Waals surface area contributed by atoms with Gasteiger partial charge in [0, 0.05) is 49.7 Å². The fourth-order valence-electron chi connectivity index (χ4n) is 2.97. The van der Waals surface area contributed by atoms with Crippen molar-refractivity contribution < 1.29 is 9.59 Å². The number of likely N-dealkylation sites (tertiary alicyclic amines) is 1. The molecule has 2 N–H and O–H groups in total. The van der Waals surface area contributed by atoms with E-state index in [1.165, 1.54) is 10.6 Å². The number of aromatic nitrogens is 1. The van der Waals surface area contributed by atoms with Crippen molar-refractivity contribution in [2.24, 2.45) is 7.05 Å². The number of hydrogen-bond donors (Lipinski definition) is 2. The van der Waals surface area contributed by atoms with Crippen molar-refractivity contribution in [3.05, 3.63) is 64.6 Å². The molecular weight excluding hydrogens is 332 g/mol. The highest BCUT2D eigenvalue weighted by Crippen LogP contribution is 2.14. The van der Waals surface area contributed by atoms with E-state index >= 15 is 0 Å². The molecule has 1 fully saturated rings. The van der Waals surface area contributed by atoms with Crippen LogP contribution in [0, 0.1) is 0 Å². The Labute approximate surface area is 151 Å². The van der Waals surface area contributed by atoms with Gasteiger partial charge in [-0.05, 0) is 31.0 Å². The monoisotopic (exact) mass is 354 g/mol. The van der Waals surface area contributed by atoms with E-state index in [1.807, 2.05) is 30.3 Å². The molecule has 1 aliphatic rings. The topological polar surface area (TPSA) is 83.4 Å². The molecule has 0 aliphatic carbocycles. The SMILES string of the molecule is Cn1ccc(C(=O)N2CCC(NC(=O)Nc3ccccc3)CC2)cc1=O. The van der Waals surface area contributed by atoms with Crippen molar-refractivity contribution in [1.29, 1.82) is 0 Å². The van der Waals surface area contributed by atoms with Gasteiger partial charge >= 0.3 is 6.03 Å². The zero-order valence-corrected chi connectivity index (χ0v) is 14.6. The zero-order chi connectivity index (χ0) is 18.5. The van der Waals surface area contributed by atoms with E-state index in [9.17, 15) is 14.4 Å². The highest BCUT2D eigenvalue weighted by atomic mass is 16.2. The van der Waals surface area contributed by atoms with Gasteiger partial charge in [-0.3, -0.25) is 9.59 Å². The molecule has 7 nitrogen and oxygen atoms in total. The van der Waals surface area contributed by atoms with Gasteiger partial charge in [0.25, 0.3) is 11.5 Å². The van der Waals surface area contributed by atoms with Crippen molar-refractivity contribution in [3.8, 4) is 0 Å². The summed E-state index contributed by atoms with van der Waals surface area (Å²) in [5.74, 6) is -0.144. The minimum atomic E-state index is -0.243. The normalized spacial score (nSPS) is 14.7. The summed E-state index contributed by atoms with van der Waals surface area (Å²) in [6, 6.07) is 12.0. The Balaban J connectivity index is 1.50. The first-order valence-corrected chi connectivity index (χ1v) is 8.61.